The first-order valence-corrected chi connectivity index (χ1v) is 9.41. The second-order valence-corrected chi connectivity index (χ2v) is 6.77. The molecule has 3 rings (SSSR count). The molecule has 2 atom stereocenters. The Hall–Kier alpha value is -3.54. The average Bonchev–Trinajstić information content (AvgIpc) is 2.73. The molecule has 29 heavy (non-hydrogen) atoms. The molecule has 0 aliphatic heterocycles. The average molecular weight is 392 g/mol. The predicted octanol–water partition coefficient (Wildman–Crippen LogP) is 3.53. The summed E-state index contributed by atoms with van der Waals surface area (Å²) in [5.74, 6) is 0.275. The van der Waals surface area contributed by atoms with E-state index in [0.29, 0.717) is 11.5 Å². The zero-order valence-corrected chi connectivity index (χ0v) is 16.6. The van der Waals surface area contributed by atoms with Crippen molar-refractivity contribution < 1.29 is 19.1 Å². The summed E-state index contributed by atoms with van der Waals surface area (Å²) in [4.78, 5) is 24.5. The van der Waals surface area contributed by atoms with Crippen LogP contribution in [0.2, 0.25) is 0 Å². The number of carbonyl (C=O) groups excluding carboxylic acids is 2. The number of hydrogen-bond acceptors (Lipinski definition) is 4. The summed E-state index contributed by atoms with van der Waals surface area (Å²) < 4.78 is 11.3. The maximum absolute atomic E-state index is 12.3. The van der Waals surface area contributed by atoms with Crippen molar-refractivity contribution in [3.63, 3.8) is 0 Å². The number of aryl methyl sites for hydroxylation is 1. The van der Waals surface area contributed by atoms with Crippen LogP contribution < -0.4 is 20.3 Å². The van der Waals surface area contributed by atoms with Gasteiger partial charge in [0, 0.05) is 0 Å². The first-order chi connectivity index (χ1) is 13.9. The molecule has 6 heteroatoms. The van der Waals surface area contributed by atoms with E-state index in [1.54, 1.807) is 19.9 Å². The van der Waals surface area contributed by atoms with Crippen LogP contribution in [0.3, 0.4) is 0 Å². The Morgan fingerprint density at radius 3 is 2.03 bits per heavy atom. The highest BCUT2D eigenvalue weighted by atomic mass is 16.5. The molecule has 2 N–H and O–H groups in total. The van der Waals surface area contributed by atoms with Crippen LogP contribution >= 0.6 is 0 Å². The summed E-state index contributed by atoms with van der Waals surface area (Å²) in [5, 5.41) is 2.11. The van der Waals surface area contributed by atoms with Gasteiger partial charge in [0.15, 0.2) is 12.2 Å². The molecule has 0 saturated heterocycles. The largest absolute Gasteiger partial charge is 0.481 e. The highest BCUT2D eigenvalue weighted by Gasteiger charge is 2.19. The van der Waals surface area contributed by atoms with Crippen molar-refractivity contribution in [3.8, 4) is 11.5 Å². The molecule has 2 amide bonds. The highest BCUT2D eigenvalue weighted by molar-refractivity contribution is 5.87. The van der Waals surface area contributed by atoms with Crippen LogP contribution in [0.15, 0.2) is 66.7 Å². The van der Waals surface area contributed by atoms with E-state index in [4.69, 9.17) is 9.47 Å². The molecule has 3 aromatic carbocycles. The van der Waals surface area contributed by atoms with E-state index in [0.717, 1.165) is 16.3 Å². The standard InChI is InChI=1S/C23H24N2O4/c1-15-8-4-7-11-21(15)29-17(3)23(27)25-24-22(26)16(2)28-20-13-12-18-9-5-6-10-19(18)14-20/h4-14,16-17H,1-3H3,(H,24,26)(H,25,27)/t16-,17+/m0/s1. The van der Waals surface area contributed by atoms with Gasteiger partial charge in [-0.05, 0) is 55.3 Å². The minimum atomic E-state index is -0.788. The number of benzene rings is 3. The smallest absolute Gasteiger partial charge is 0.279 e. The van der Waals surface area contributed by atoms with Crippen molar-refractivity contribution in [2.45, 2.75) is 33.0 Å². The van der Waals surface area contributed by atoms with Gasteiger partial charge in [-0.15, -0.1) is 0 Å². The molecule has 0 aromatic heterocycles. The second-order valence-electron chi connectivity index (χ2n) is 6.77. The number of hydrogen-bond donors (Lipinski definition) is 2. The topological polar surface area (TPSA) is 76.7 Å². The predicted molar refractivity (Wildman–Crippen MR) is 112 cm³/mol. The maximum atomic E-state index is 12.3. The van der Waals surface area contributed by atoms with Crippen LogP contribution in [0.4, 0.5) is 0 Å². The number of hydrazine groups is 1. The van der Waals surface area contributed by atoms with Crippen LogP contribution in [0.5, 0.6) is 11.5 Å². The van der Waals surface area contributed by atoms with Gasteiger partial charge in [0.25, 0.3) is 11.8 Å². The first-order valence-electron chi connectivity index (χ1n) is 9.41. The molecule has 150 valence electrons. The third kappa shape index (κ3) is 5.25. The normalized spacial score (nSPS) is 12.7. The zero-order valence-electron chi connectivity index (χ0n) is 16.6. The molecule has 3 aromatic rings. The number of rotatable bonds is 6. The molecule has 0 heterocycles. The van der Waals surface area contributed by atoms with Gasteiger partial charge in [-0.3, -0.25) is 20.4 Å². The number of carbonyl (C=O) groups is 2. The summed E-state index contributed by atoms with van der Waals surface area (Å²) in [6.07, 6.45) is -1.56. The van der Waals surface area contributed by atoms with Crippen LogP contribution in [-0.4, -0.2) is 24.0 Å². The minimum absolute atomic E-state index is 0.459. The summed E-state index contributed by atoms with van der Waals surface area (Å²) in [7, 11) is 0. The van der Waals surface area contributed by atoms with E-state index < -0.39 is 24.0 Å². The van der Waals surface area contributed by atoms with Crippen molar-refractivity contribution in [1.29, 1.82) is 0 Å². The van der Waals surface area contributed by atoms with Gasteiger partial charge in [0.2, 0.25) is 0 Å². The van der Waals surface area contributed by atoms with Crippen LogP contribution in [-0.2, 0) is 9.59 Å². The lowest BCUT2D eigenvalue weighted by Gasteiger charge is -2.18. The lowest BCUT2D eigenvalue weighted by atomic mass is 10.1. The summed E-state index contributed by atoms with van der Waals surface area (Å²) in [6.45, 7) is 5.13. The van der Waals surface area contributed by atoms with Crippen molar-refractivity contribution in [3.05, 3.63) is 72.3 Å². The van der Waals surface area contributed by atoms with Crippen LogP contribution in [0.1, 0.15) is 19.4 Å². The quantitative estimate of drug-likeness (QED) is 0.629. The molecular formula is C23H24N2O4. The molecule has 0 unspecified atom stereocenters. The Morgan fingerprint density at radius 2 is 1.34 bits per heavy atom. The zero-order chi connectivity index (χ0) is 20.8. The van der Waals surface area contributed by atoms with Gasteiger partial charge >= 0.3 is 0 Å². The second kappa shape index (κ2) is 9.10. The Kier molecular flexibility index (Phi) is 6.34. The number of amides is 2. The van der Waals surface area contributed by atoms with Crippen LogP contribution in [0.25, 0.3) is 10.8 Å². The van der Waals surface area contributed by atoms with Crippen molar-refractivity contribution in [1.82, 2.24) is 10.9 Å². The van der Waals surface area contributed by atoms with Gasteiger partial charge in [-0.2, -0.15) is 0 Å². The Morgan fingerprint density at radius 1 is 0.759 bits per heavy atom. The molecule has 0 spiro atoms. The summed E-state index contributed by atoms with van der Waals surface area (Å²) in [5.41, 5.74) is 5.68. The van der Waals surface area contributed by atoms with Gasteiger partial charge in [-0.1, -0.05) is 48.5 Å². The van der Waals surface area contributed by atoms with Gasteiger partial charge in [0.05, 0.1) is 0 Å². The van der Waals surface area contributed by atoms with Crippen LogP contribution in [0, 0.1) is 6.92 Å². The Labute approximate surface area is 169 Å². The molecule has 0 aliphatic carbocycles. The van der Waals surface area contributed by atoms with E-state index in [-0.39, 0.29) is 0 Å². The SMILES string of the molecule is Cc1ccccc1O[C@H](C)C(=O)NNC(=O)[C@H](C)Oc1ccc2ccccc2c1. The Bertz CT molecular complexity index is 1020. The molecule has 0 saturated carbocycles. The first kappa shape index (κ1) is 20.2. The fourth-order valence-corrected chi connectivity index (χ4v) is 2.76. The molecule has 0 bridgehead atoms. The molecule has 6 nitrogen and oxygen atoms in total. The fourth-order valence-electron chi connectivity index (χ4n) is 2.76. The minimum Gasteiger partial charge on any atom is -0.481 e. The van der Waals surface area contributed by atoms with Crippen molar-refractivity contribution >= 4 is 22.6 Å². The third-order valence-corrected chi connectivity index (χ3v) is 4.48. The lowest BCUT2D eigenvalue weighted by Crippen LogP contribution is -2.50. The number of fused-ring (bicyclic) bond motifs is 1. The number of nitrogens with one attached hydrogen (secondary N) is 2. The summed E-state index contributed by atoms with van der Waals surface area (Å²) in [6, 6.07) is 20.9. The third-order valence-electron chi connectivity index (χ3n) is 4.48. The van der Waals surface area contributed by atoms with Gasteiger partial charge in [0.1, 0.15) is 11.5 Å². The molecule has 0 aliphatic rings. The molecular weight excluding hydrogens is 368 g/mol. The fraction of sp³-hybridized carbons (Fsp3) is 0.217. The van der Waals surface area contributed by atoms with Crippen molar-refractivity contribution in [2.75, 3.05) is 0 Å². The lowest BCUT2D eigenvalue weighted by molar-refractivity contribution is -0.135. The molecule has 0 fully saturated rings. The van der Waals surface area contributed by atoms with E-state index in [9.17, 15) is 9.59 Å². The van der Waals surface area contributed by atoms with E-state index in [1.807, 2.05) is 67.6 Å². The van der Waals surface area contributed by atoms with Gasteiger partial charge in [-0.25, -0.2) is 0 Å². The van der Waals surface area contributed by atoms with E-state index >= 15 is 0 Å². The highest BCUT2D eigenvalue weighted by Crippen LogP contribution is 2.21. The van der Waals surface area contributed by atoms with Crippen molar-refractivity contribution in [2.24, 2.45) is 0 Å². The van der Waals surface area contributed by atoms with E-state index in [2.05, 4.69) is 10.9 Å². The van der Waals surface area contributed by atoms with Gasteiger partial charge < -0.3 is 9.47 Å². The monoisotopic (exact) mass is 392 g/mol. The Balaban J connectivity index is 1.51. The molecule has 0 radical (unpaired) electrons. The van der Waals surface area contributed by atoms with E-state index in [1.165, 1.54) is 0 Å². The number of ether oxygens (including phenoxy) is 2. The maximum Gasteiger partial charge on any atom is 0.279 e. The number of para-hydroxylation sites is 1. The summed E-state index contributed by atoms with van der Waals surface area (Å²) >= 11 is 0.